The average molecular weight is 349 g/mol. The largest absolute Gasteiger partial charge is 0.511 e. The van der Waals surface area contributed by atoms with Gasteiger partial charge in [0, 0.05) is 4.47 Å². The summed E-state index contributed by atoms with van der Waals surface area (Å²) in [6.45, 7) is 3.97. The van der Waals surface area contributed by atoms with Gasteiger partial charge in [0.25, 0.3) is 0 Å². The number of hydrogen-bond donors (Lipinski definition) is 1. The van der Waals surface area contributed by atoms with E-state index in [-0.39, 0.29) is 35.6 Å². The number of hydrogen-bond acceptors (Lipinski definition) is 3. The molecule has 0 aromatic heterocycles. The highest BCUT2D eigenvalue weighted by Gasteiger charge is 2.59. The number of halogens is 1. The molecule has 2 heterocycles. The highest BCUT2D eigenvalue weighted by Crippen LogP contribution is 2.54. The number of benzene rings is 1. The molecule has 2 aliphatic heterocycles. The Bertz CT molecular complexity index is 668. The van der Waals surface area contributed by atoms with E-state index in [0.717, 1.165) is 34.0 Å². The van der Waals surface area contributed by atoms with E-state index in [4.69, 9.17) is 4.74 Å². The maximum atomic E-state index is 12.9. The van der Waals surface area contributed by atoms with Gasteiger partial charge in [-0.05, 0) is 55.5 Å². The van der Waals surface area contributed by atoms with E-state index in [1.54, 1.807) is 0 Å². The van der Waals surface area contributed by atoms with Crippen LogP contribution in [-0.2, 0) is 9.53 Å². The van der Waals surface area contributed by atoms with Crippen molar-refractivity contribution < 1.29 is 14.6 Å². The topological polar surface area (TPSA) is 46.5 Å². The maximum Gasteiger partial charge on any atom is 0.173 e. The fourth-order valence-corrected chi connectivity index (χ4v) is 5.06. The van der Waals surface area contributed by atoms with Gasteiger partial charge >= 0.3 is 0 Å². The molecule has 1 aromatic carbocycles. The Kier molecular flexibility index (Phi) is 2.86. The molecule has 0 spiro atoms. The quantitative estimate of drug-likeness (QED) is 0.841. The summed E-state index contributed by atoms with van der Waals surface area (Å²) in [6.07, 6.45) is 1.92. The van der Waals surface area contributed by atoms with E-state index < -0.39 is 0 Å². The Morgan fingerprint density at radius 3 is 2.29 bits per heavy atom. The van der Waals surface area contributed by atoms with Crippen LogP contribution in [0.4, 0.5) is 0 Å². The van der Waals surface area contributed by atoms with E-state index in [1.807, 2.05) is 26.0 Å². The Labute approximate surface area is 132 Å². The summed E-state index contributed by atoms with van der Waals surface area (Å²) in [5, 5.41) is 10.7. The third-order valence-electron chi connectivity index (χ3n) is 5.14. The molecule has 4 heteroatoms. The first-order valence-electron chi connectivity index (χ1n) is 7.39. The fraction of sp³-hybridized carbons (Fsp3) is 0.471. The third-order valence-corrected chi connectivity index (χ3v) is 5.60. The van der Waals surface area contributed by atoms with Gasteiger partial charge in [0.1, 0.15) is 5.76 Å². The Balaban J connectivity index is 1.88. The molecule has 3 nitrogen and oxygen atoms in total. The molecule has 0 saturated carbocycles. The lowest BCUT2D eigenvalue weighted by Gasteiger charge is -2.19. The molecule has 1 N–H and O–H groups in total. The summed E-state index contributed by atoms with van der Waals surface area (Å²) < 4.78 is 6.82. The lowest BCUT2D eigenvalue weighted by atomic mass is 9.80. The van der Waals surface area contributed by atoms with Crippen LogP contribution in [0.15, 0.2) is 22.4 Å². The van der Waals surface area contributed by atoms with Gasteiger partial charge in [-0.1, -0.05) is 15.9 Å². The van der Waals surface area contributed by atoms with Crippen LogP contribution in [0.5, 0.6) is 0 Å². The molecular weight excluding hydrogens is 332 g/mol. The molecule has 110 valence electrons. The maximum absolute atomic E-state index is 12.9. The molecule has 4 rings (SSSR count). The lowest BCUT2D eigenvalue weighted by molar-refractivity contribution is -0.118. The van der Waals surface area contributed by atoms with Crippen molar-refractivity contribution in [3.63, 3.8) is 0 Å². The van der Waals surface area contributed by atoms with Crippen molar-refractivity contribution in [2.24, 2.45) is 11.8 Å². The number of fused-ring (bicyclic) bond motifs is 5. The summed E-state index contributed by atoms with van der Waals surface area (Å²) >= 11 is 3.48. The van der Waals surface area contributed by atoms with Crippen LogP contribution in [0.2, 0.25) is 0 Å². The van der Waals surface area contributed by atoms with Gasteiger partial charge < -0.3 is 9.84 Å². The van der Waals surface area contributed by atoms with Crippen LogP contribution >= 0.6 is 15.9 Å². The second-order valence-electron chi connectivity index (χ2n) is 6.38. The first kappa shape index (κ1) is 13.5. The summed E-state index contributed by atoms with van der Waals surface area (Å²) in [6, 6.07) is 3.99. The monoisotopic (exact) mass is 348 g/mol. The predicted molar refractivity (Wildman–Crippen MR) is 83.0 cm³/mol. The number of allylic oxidation sites excluding steroid dienone is 1. The number of aliphatic hydroxyl groups excluding tert-OH is 1. The van der Waals surface area contributed by atoms with Crippen LogP contribution in [0.3, 0.4) is 0 Å². The normalized spacial score (nSPS) is 34.0. The SMILES string of the molecule is Cc1cc(Br)cc(C)c1C1=C(O)[C@@H]2C3CCC(O3)[C@@H]2C1=O. The number of carbonyl (C=O) groups is 1. The molecule has 2 bridgehead atoms. The third kappa shape index (κ3) is 1.72. The first-order chi connectivity index (χ1) is 9.99. The summed E-state index contributed by atoms with van der Waals surface area (Å²) in [7, 11) is 0. The number of aryl methyl sites for hydroxylation is 2. The van der Waals surface area contributed by atoms with Crippen molar-refractivity contribution in [1.29, 1.82) is 0 Å². The number of carbonyl (C=O) groups excluding carboxylic acids is 1. The number of ether oxygens (including phenoxy) is 1. The molecule has 4 atom stereocenters. The van der Waals surface area contributed by atoms with Crippen molar-refractivity contribution in [3.8, 4) is 0 Å². The molecule has 0 radical (unpaired) electrons. The standard InChI is InChI=1S/C17H17BrO3/c1-7-5-9(18)6-8(2)12(7)15-16(19)13-10-3-4-11(21-10)14(13)17(15)20/h5-6,10-11,13-14,19H,3-4H2,1-2H3/t10?,11?,13-,14+/m1/s1. The molecule has 1 aromatic rings. The molecule has 1 aliphatic carbocycles. The van der Waals surface area contributed by atoms with Crippen LogP contribution in [0.25, 0.3) is 5.57 Å². The number of aliphatic hydroxyl groups is 1. The highest BCUT2D eigenvalue weighted by atomic mass is 79.9. The van der Waals surface area contributed by atoms with E-state index >= 15 is 0 Å². The molecular formula is C17H17BrO3. The molecule has 2 saturated heterocycles. The molecule has 2 unspecified atom stereocenters. The van der Waals surface area contributed by atoms with Crippen molar-refractivity contribution in [1.82, 2.24) is 0 Å². The van der Waals surface area contributed by atoms with Gasteiger partial charge in [0.15, 0.2) is 5.78 Å². The summed E-state index contributed by atoms with van der Waals surface area (Å²) in [5.41, 5.74) is 3.47. The molecule has 2 fully saturated rings. The zero-order valence-electron chi connectivity index (χ0n) is 12.0. The van der Waals surface area contributed by atoms with E-state index in [2.05, 4.69) is 15.9 Å². The van der Waals surface area contributed by atoms with Crippen LogP contribution in [0, 0.1) is 25.7 Å². The van der Waals surface area contributed by atoms with Gasteiger partial charge in [-0.3, -0.25) is 4.79 Å². The van der Waals surface area contributed by atoms with E-state index in [9.17, 15) is 9.90 Å². The molecule has 0 amide bonds. The minimum atomic E-state index is -0.166. The number of ketones is 1. The van der Waals surface area contributed by atoms with Crippen LogP contribution in [-0.4, -0.2) is 23.1 Å². The number of Topliss-reactive ketones (excluding diaryl/α,β-unsaturated/α-hetero) is 1. The van der Waals surface area contributed by atoms with Gasteiger partial charge in [-0.2, -0.15) is 0 Å². The Morgan fingerprint density at radius 2 is 1.71 bits per heavy atom. The lowest BCUT2D eigenvalue weighted by Crippen LogP contribution is -2.29. The highest BCUT2D eigenvalue weighted by molar-refractivity contribution is 9.10. The molecule has 21 heavy (non-hydrogen) atoms. The van der Waals surface area contributed by atoms with E-state index in [1.165, 1.54) is 0 Å². The van der Waals surface area contributed by atoms with E-state index in [0.29, 0.717) is 5.57 Å². The Morgan fingerprint density at radius 1 is 1.14 bits per heavy atom. The smallest absolute Gasteiger partial charge is 0.173 e. The molecule has 3 aliphatic rings. The minimum Gasteiger partial charge on any atom is -0.511 e. The van der Waals surface area contributed by atoms with Crippen molar-refractivity contribution >= 4 is 27.3 Å². The number of rotatable bonds is 1. The van der Waals surface area contributed by atoms with Crippen molar-refractivity contribution in [2.45, 2.75) is 38.9 Å². The van der Waals surface area contributed by atoms with Gasteiger partial charge in [0.2, 0.25) is 0 Å². The van der Waals surface area contributed by atoms with Crippen molar-refractivity contribution in [2.75, 3.05) is 0 Å². The van der Waals surface area contributed by atoms with Crippen LogP contribution < -0.4 is 0 Å². The fourth-order valence-electron chi connectivity index (χ4n) is 4.37. The van der Waals surface area contributed by atoms with Crippen molar-refractivity contribution in [3.05, 3.63) is 39.1 Å². The summed E-state index contributed by atoms with van der Waals surface area (Å²) in [4.78, 5) is 12.9. The second-order valence-corrected chi connectivity index (χ2v) is 7.30. The van der Waals surface area contributed by atoms with Crippen LogP contribution in [0.1, 0.15) is 29.5 Å². The average Bonchev–Trinajstić information content (AvgIpc) is 3.06. The zero-order chi connectivity index (χ0) is 14.9. The van der Waals surface area contributed by atoms with Gasteiger partial charge in [-0.25, -0.2) is 0 Å². The van der Waals surface area contributed by atoms with Gasteiger partial charge in [0.05, 0.1) is 29.6 Å². The second kappa shape index (κ2) is 4.43. The first-order valence-corrected chi connectivity index (χ1v) is 8.18. The predicted octanol–water partition coefficient (Wildman–Crippen LogP) is 3.71. The Hall–Kier alpha value is -1.13. The summed E-state index contributed by atoms with van der Waals surface area (Å²) in [5.74, 6) is 0.0406. The van der Waals surface area contributed by atoms with Gasteiger partial charge in [-0.15, -0.1) is 0 Å². The zero-order valence-corrected chi connectivity index (χ0v) is 13.6. The minimum absolute atomic E-state index is 0.00297.